The van der Waals surface area contributed by atoms with Gasteiger partial charge in [-0.15, -0.1) is 0 Å². The number of methoxy groups -OCH3 is 1. The van der Waals surface area contributed by atoms with Crippen LogP contribution in [0.3, 0.4) is 0 Å². The average molecular weight is 374 g/mol. The molecule has 136 valence electrons. The van der Waals surface area contributed by atoms with Gasteiger partial charge in [0.05, 0.1) is 7.11 Å². The van der Waals surface area contributed by atoms with Crippen LogP contribution >= 0.6 is 0 Å². The van der Waals surface area contributed by atoms with Gasteiger partial charge in [0.1, 0.15) is 17.2 Å². The van der Waals surface area contributed by atoms with Crippen molar-refractivity contribution in [3.8, 4) is 5.75 Å². The van der Waals surface area contributed by atoms with Gasteiger partial charge in [0.25, 0.3) is 0 Å². The van der Waals surface area contributed by atoms with Crippen molar-refractivity contribution in [3.05, 3.63) is 54.1 Å². The smallest absolute Gasteiger partial charge is 0.402 e. The summed E-state index contributed by atoms with van der Waals surface area (Å²) in [5, 5.41) is 0. The van der Waals surface area contributed by atoms with Crippen molar-refractivity contribution in [2.24, 2.45) is 0 Å². The highest BCUT2D eigenvalue weighted by atomic mass is 32.2. The van der Waals surface area contributed by atoms with Gasteiger partial charge in [-0.1, -0.05) is 30.3 Å². The monoisotopic (exact) mass is 374 g/mol. The number of alkyl halides is 3. The first-order valence-electron chi connectivity index (χ1n) is 7.18. The molecule has 5 nitrogen and oxygen atoms in total. The minimum atomic E-state index is -4.69. The minimum Gasteiger partial charge on any atom is -0.495 e. The molecular formula is C16H17F3N2O3S. The van der Waals surface area contributed by atoms with E-state index in [-0.39, 0.29) is 16.3 Å². The fourth-order valence-corrected chi connectivity index (χ4v) is 3.80. The summed E-state index contributed by atoms with van der Waals surface area (Å²) in [5.74, 6) is -0.111. The number of nitrogens with two attached hydrogens (primary N) is 1. The van der Waals surface area contributed by atoms with Crippen LogP contribution in [0.25, 0.3) is 0 Å². The van der Waals surface area contributed by atoms with Gasteiger partial charge in [-0.25, -0.2) is 8.42 Å². The van der Waals surface area contributed by atoms with E-state index in [0.717, 1.165) is 6.07 Å². The highest BCUT2D eigenvalue weighted by molar-refractivity contribution is 7.89. The lowest BCUT2D eigenvalue weighted by Crippen LogP contribution is -2.38. The van der Waals surface area contributed by atoms with Crippen molar-refractivity contribution in [2.45, 2.75) is 17.6 Å². The van der Waals surface area contributed by atoms with Crippen LogP contribution in [0.1, 0.15) is 5.56 Å². The third-order valence-electron chi connectivity index (χ3n) is 3.36. The zero-order valence-electron chi connectivity index (χ0n) is 13.3. The van der Waals surface area contributed by atoms with Crippen LogP contribution in [0.15, 0.2) is 53.4 Å². The lowest BCUT2D eigenvalue weighted by molar-refractivity contribution is -0.136. The normalized spacial score (nSPS) is 12.4. The highest BCUT2D eigenvalue weighted by Gasteiger charge is 2.38. The molecule has 0 aliphatic rings. The number of nitrogen functional groups attached to an aromatic ring is 1. The lowest BCUT2D eigenvalue weighted by Gasteiger charge is -2.24. The van der Waals surface area contributed by atoms with E-state index in [1.165, 1.54) is 19.2 Å². The van der Waals surface area contributed by atoms with Crippen molar-refractivity contribution in [1.29, 1.82) is 0 Å². The number of ether oxygens (including phenoxy) is 1. The number of halogens is 3. The molecule has 2 rings (SSSR count). The molecule has 0 aliphatic heterocycles. The molecule has 0 aromatic heterocycles. The summed E-state index contributed by atoms with van der Waals surface area (Å²) in [4.78, 5) is -0.371. The maximum atomic E-state index is 12.9. The van der Waals surface area contributed by atoms with Crippen LogP contribution in [0.2, 0.25) is 0 Å². The number of hydrogen-bond donors (Lipinski definition) is 1. The van der Waals surface area contributed by atoms with E-state index in [4.69, 9.17) is 10.5 Å². The van der Waals surface area contributed by atoms with Crippen LogP contribution < -0.4 is 10.5 Å². The van der Waals surface area contributed by atoms with Gasteiger partial charge in [-0.3, -0.25) is 0 Å². The van der Waals surface area contributed by atoms with Gasteiger partial charge in [0.15, 0.2) is 0 Å². The molecule has 0 saturated carbocycles. The SMILES string of the molecule is COc1cc(N)ccc1S(=O)(=O)N(Cc1ccccc1)CC(F)(F)F. The van der Waals surface area contributed by atoms with E-state index in [0.29, 0.717) is 9.87 Å². The molecule has 0 atom stereocenters. The predicted molar refractivity (Wildman–Crippen MR) is 87.5 cm³/mol. The zero-order chi connectivity index (χ0) is 18.7. The molecule has 0 radical (unpaired) electrons. The van der Waals surface area contributed by atoms with Crippen molar-refractivity contribution in [1.82, 2.24) is 4.31 Å². The Kier molecular flexibility index (Phi) is 5.58. The standard InChI is InChI=1S/C16H17F3N2O3S/c1-24-14-9-13(20)7-8-15(14)25(22,23)21(11-16(17,18)19)10-12-5-3-2-4-6-12/h2-9H,10-11,20H2,1H3. The van der Waals surface area contributed by atoms with Crippen LogP contribution in [0.5, 0.6) is 5.75 Å². The minimum absolute atomic E-state index is 0.111. The summed E-state index contributed by atoms with van der Waals surface area (Å²) in [5.41, 5.74) is 6.25. The molecule has 0 bridgehead atoms. The van der Waals surface area contributed by atoms with Gasteiger partial charge in [0, 0.05) is 18.3 Å². The Morgan fingerprint density at radius 1 is 1.12 bits per heavy atom. The third kappa shape index (κ3) is 4.86. The van der Waals surface area contributed by atoms with E-state index >= 15 is 0 Å². The van der Waals surface area contributed by atoms with Crippen LogP contribution in [0, 0.1) is 0 Å². The van der Waals surface area contributed by atoms with Crippen LogP contribution in [-0.2, 0) is 16.6 Å². The van der Waals surface area contributed by atoms with E-state index in [2.05, 4.69) is 0 Å². The maximum absolute atomic E-state index is 12.9. The van der Waals surface area contributed by atoms with Crippen molar-refractivity contribution in [3.63, 3.8) is 0 Å². The number of sulfonamides is 1. The summed E-state index contributed by atoms with van der Waals surface area (Å²) >= 11 is 0. The first-order valence-corrected chi connectivity index (χ1v) is 8.62. The van der Waals surface area contributed by atoms with Gasteiger partial charge in [-0.2, -0.15) is 17.5 Å². The van der Waals surface area contributed by atoms with Gasteiger partial charge in [0.2, 0.25) is 10.0 Å². The van der Waals surface area contributed by atoms with E-state index in [1.54, 1.807) is 30.3 Å². The fraction of sp³-hybridized carbons (Fsp3) is 0.250. The van der Waals surface area contributed by atoms with Crippen LogP contribution in [-0.4, -0.2) is 32.6 Å². The second kappa shape index (κ2) is 7.32. The lowest BCUT2D eigenvalue weighted by atomic mass is 10.2. The highest BCUT2D eigenvalue weighted by Crippen LogP contribution is 2.31. The number of rotatable bonds is 6. The zero-order valence-corrected chi connectivity index (χ0v) is 14.1. The molecule has 2 aromatic rings. The Balaban J connectivity index is 2.48. The Morgan fingerprint density at radius 2 is 1.76 bits per heavy atom. The molecule has 2 N–H and O–H groups in total. The summed E-state index contributed by atoms with van der Waals surface area (Å²) in [6.07, 6.45) is -4.69. The van der Waals surface area contributed by atoms with E-state index < -0.39 is 29.3 Å². The number of anilines is 1. The summed E-state index contributed by atoms with van der Waals surface area (Å²) in [7, 11) is -3.24. The third-order valence-corrected chi connectivity index (χ3v) is 5.19. The average Bonchev–Trinajstić information content (AvgIpc) is 2.53. The number of nitrogens with zero attached hydrogens (tertiary/aromatic N) is 1. The second-order valence-corrected chi connectivity index (χ2v) is 7.19. The Morgan fingerprint density at radius 3 is 2.32 bits per heavy atom. The molecule has 0 aliphatic carbocycles. The van der Waals surface area contributed by atoms with Crippen LogP contribution in [0.4, 0.5) is 18.9 Å². The Labute approximate surface area is 143 Å². The largest absolute Gasteiger partial charge is 0.495 e. The summed E-state index contributed by atoms with van der Waals surface area (Å²) < 4.78 is 69.8. The molecule has 25 heavy (non-hydrogen) atoms. The van der Waals surface area contributed by atoms with Crippen molar-refractivity contribution in [2.75, 3.05) is 19.4 Å². The summed E-state index contributed by atoms with van der Waals surface area (Å²) in [6, 6.07) is 11.7. The maximum Gasteiger partial charge on any atom is 0.402 e. The van der Waals surface area contributed by atoms with E-state index in [1.807, 2.05) is 0 Å². The van der Waals surface area contributed by atoms with Gasteiger partial charge in [-0.05, 0) is 17.7 Å². The molecule has 9 heteroatoms. The Hall–Kier alpha value is -2.26. The Bertz CT molecular complexity index is 824. The molecule has 0 fully saturated rings. The number of hydrogen-bond acceptors (Lipinski definition) is 4. The summed E-state index contributed by atoms with van der Waals surface area (Å²) in [6.45, 7) is -2.03. The molecular weight excluding hydrogens is 357 g/mol. The molecule has 0 saturated heterocycles. The van der Waals surface area contributed by atoms with Crippen molar-refractivity contribution >= 4 is 15.7 Å². The second-order valence-electron chi connectivity index (χ2n) is 5.28. The van der Waals surface area contributed by atoms with Gasteiger partial charge < -0.3 is 10.5 Å². The van der Waals surface area contributed by atoms with Crippen molar-refractivity contribution < 1.29 is 26.3 Å². The van der Waals surface area contributed by atoms with Gasteiger partial charge >= 0.3 is 6.18 Å². The quantitative estimate of drug-likeness (QED) is 0.789. The molecule has 0 spiro atoms. The molecule has 0 heterocycles. The van der Waals surface area contributed by atoms with E-state index in [9.17, 15) is 21.6 Å². The number of benzene rings is 2. The predicted octanol–water partition coefficient (Wildman–Crippen LogP) is 3.03. The fourth-order valence-electron chi connectivity index (χ4n) is 2.25. The topological polar surface area (TPSA) is 72.6 Å². The molecule has 0 amide bonds. The molecule has 2 aromatic carbocycles. The first-order chi connectivity index (χ1) is 11.6. The molecule has 0 unspecified atom stereocenters. The first kappa shape index (κ1) is 19.1.